The van der Waals surface area contributed by atoms with Crippen molar-refractivity contribution < 1.29 is 4.74 Å². The molecule has 0 aliphatic carbocycles. The second kappa shape index (κ2) is 10.4. The molecule has 0 fully saturated rings. The summed E-state index contributed by atoms with van der Waals surface area (Å²) >= 11 is 0. The molecule has 0 amide bonds. The van der Waals surface area contributed by atoms with Gasteiger partial charge in [0.1, 0.15) is 11.6 Å². The molecule has 0 saturated heterocycles. The molecular weight excluding hydrogens is 276 g/mol. The molecule has 1 rings (SSSR count). The molecule has 0 bridgehead atoms. The van der Waals surface area contributed by atoms with Crippen molar-refractivity contribution in [3.05, 3.63) is 11.9 Å². The lowest BCUT2D eigenvalue weighted by molar-refractivity contribution is 0.302. The van der Waals surface area contributed by atoms with Crippen LogP contribution in [0.4, 0.5) is 5.82 Å². The summed E-state index contributed by atoms with van der Waals surface area (Å²) in [5.41, 5.74) is 0. The quantitative estimate of drug-likeness (QED) is 0.634. The van der Waals surface area contributed by atoms with Crippen LogP contribution in [0.5, 0.6) is 5.88 Å². The van der Waals surface area contributed by atoms with E-state index in [4.69, 9.17) is 4.74 Å². The van der Waals surface area contributed by atoms with Crippen LogP contribution in [0, 0.1) is 0 Å². The Morgan fingerprint density at radius 3 is 2.50 bits per heavy atom. The summed E-state index contributed by atoms with van der Waals surface area (Å²) in [6.07, 6.45) is 2.08. The molecule has 1 aromatic heterocycles. The minimum Gasteiger partial charge on any atom is -0.478 e. The molecule has 0 spiro atoms. The molecule has 0 radical (unpaired) electrons. The van der Waals surface area contributed by atoms with Gasteiger partial charge in [-0.2, -0.15) is 4.98 Å². The molecule has 126 valence electrons. The second-order valence-corrected chi connectivity index (χ2v) is 5.76. The van der Waals surface area contributed by atoms with Crippen LogP contribution in [0.15, 0.2) is 6.07 Å². The number of hydrogen-bond acceptors (Lipinski definition) is 5. The molecule has 0 saturated carbocycles. The van der Waals surface area contributed by atoms with Crippen molar-refractivity contribution in [2.75, 3.05) is 38.1 Å². The third-order valence-corrected chi connectivity index (χ3v) is 3.54. The fourth-order valence-electron chi connectivity index (χ4n) is 2.13. The zero-order valence-electron chi connectivity index (χ0n) is 14.9. The van der Waals surface area contributed by atoms with E-state index in [9.17, 15) is 0 Å². The van der Waals surface area contributed by atoms with E-state index < -0.39 is 0 Å². The zero-order chi connectivity index (χ0) is 16.4. The summed E-state index contributed by atoms with van der Waals surface area (Å²) in [6.45, 7) is 15.6. The summed E-state index contributed by atoms with van der Waals surface area (Å²) in [4.78, 5) is 11.5. The van der Waals surface area contributed by atoms with Gasteiger partial charge in [0.05, 0.1) is 6.61 Å². The monoisotopic (exact) mass is 308 g/mol. The number of rotatable bonds is 11. The van der Waals surface area contributed by atoms with Gasteiger partial charge in [0.25, 0.3) is 0 Å². The molecule has 0 aliphatic rings. The highest BCUT2D eigenvalue weighted by Crippen LogP contribution is 2.18. The van der Waals surface area contributed by atoms with Gasteiger partial charge < -0.3 is 15.0 Å². The van der Waals surface area contributed by atoms with Crippen LogP contribution >= 0.6 is 0 Å². The molecule has 5 nitrogen and oxygen atoms in total. The lowest BCUT2D eigenvalue weighted by Crippen LogP contribution is -2.25. The summed E-state index contributed by atoms with van der Waals surface area (Å²) in [5.74, 6) is 2.66. The van der Waals surface area contributed by atoms with Crippen molar-refractivity contribution in [3.63, 3.8) is 0 Å². The number of hydrogen-bond donors (Lipinski definition) is 1. The highest BCUT2D eigenvalue weighted by atomic mass is 16.5. The average molecular weight is 308 g/mol. The Hall–Kier alpha value is -1.36. The molecular formula is C17H32N4O. The number of anilines is 1. The second-order valence-electron chi connectivity index (χ2n) is 5.76. The van der Waals surface area contributed by atoms with Crippen LogP contribution in [-0.2, 0) is 0 Å². The predicted octanol–water partition coefficient (Wildman–Crippen LogP) is 3.53. The zero-order valence-corrected chi connectivity index (χ0v) is 14.9. The third-order valence-electron chi connectivity index (χ3n) is 3.54. The molecule has 5 heteroatoms. The van der Waals surface area contributed by atoms with Crippen LogP contribution in [0.3, 0.4) is 0 Å². The van der Waals surface area contributed by atoms with E-state index in [1.165, 1.54) is 0 Å². The Morgan fingerprint density at radius 2 is 1.91 bits per heavy atom. The molecule has 1 heterocycles. The van der Waals surface area contributed by atoms with Gasteiger partial charge in [-0.3, -0.25) is 0 Å². The van der Waals surface area contributed by atoms with Crippen LogP contribution in [0.1, 0.15) is 59.2 Å². The minimum absolute atomic E-state index is 0.293. The Kier molecular flexibility index (Phi) is 8.82. The van der Waals surface area contributed by atoms with Gasteiger partial charge in [0, 0.05) is 18.5 Å². The molecule has 0 unspecified atom stereocenters. The van der Waals surface area contributed by atoms with E-state index >= 15 is 0 Å². The molecule has 0 aliphatic heterocycles. The fraction of sp³-hybridized carbons (Fsp3) is 0.765. The van der Waals surface area contributed by atoms with Gasteiger partial charge in [-0.1, -0.05) is 34.6 Å². The van der Waals surface area contributed by atoms with Crippen molar-refractivity contribution in [1.82, 2.24) is 14.9 Å². The summed E-state index contributed by atoms with van der Waals surface area (Å²) in [5, 5.41) is 3.40. The van der Waals surface area contributed by atoms with E-state index in [0.717, 1.165) is 50.7 Å². The highest BCUT2D eigenvalue weighted by Gasteiger charge is 2.09. The lowest BCUT2D eigenvalue weighted by atomic mass is 10.2. The maximum absolute atomic E-state index is 5.67. The SMILES string of the molecule is CCCOc1cc(NCCCN(CC)CC)nc(C(C)C)n1. The highest BCUT2D eigenvalue weighted by molar-refractivity contribution is 5.38. The summed E-state index contributed by atoms with van der Waals surface area (Å²) in [7, 11) is 0. The van der Waals surface area contributed by atoms with Gasteiger partial charge in [-0.15, -0.1) is 0 Å². The first kappa shape index (κ1) is 18.7. The minimum atomic E-state index is 0.293. The van der Waals surface area contributed by atoms with Crippen molar-refractivity contribution in [2.45, 2.75) is 53.4 Å². The van der Waals surface area contributed by atoms with Crippen LogP contribution in [-0.4, -0.2) is 47.7 Å². The first-order chi connectivity index (χ1) is 10.6. The maximum Gasteiger partial charge on any atom is 0.218 e. The third kappa shape index (κ3) is 6.60. The van der Waals surface area contributed by atoms with Gasteiger partial charge in [-0.25, -0.2) is 4.98 Å². The van der Waals surface area contributed by atoms with E-state index in [-0.39, 0.29) is 0 Å². The molecule has 0 aromatic carbocycles. The first-order valence-electron chi connectivity index (χ1n) is 8.58. The van der Waals surface area contributed by atoms with Gasteiger partial charge in [-0.05, 0) is 32.5 Å². The number of nitrogens with one attached hydrogen (secondary N) is 1. The van der Waals surface area contributed by atoms with Crippen molar-refractivity contribution in [2.24, 2.45) is 0 Å². The van der Waals surface area contributed by atoms with Crippen LogP contribution in [0.2, 0.25) is 0 Å². The Labute approximate surface area is 135 Å². The van der Waals surface area contributed by atoms with Gasteiger partial charge >= 0.3 is 0 Å². The van der Waals surface area contributed by atoms with E-state index in [2.05, 4.69) is 54.8 Å². The Morgan fingerprint density at radius 1 is 1.18 bits per heavy atom. The smallest absolute Gasteiger partial charge is 0.218 e. The number of ether oxygens (including phenoxy) is 1. The average Bonchev–Trinajstić information content (AvgIpc) is 2.53. The van der Waals surface area contributed by atoms with Gasteiger partial charge in [0.15, 0.2) is 0 Å². The predicted molar refractivity (Wildman–Crippen MR) is 92.8 cm³/mol. The van der Waals surface area contributed by atoms with Crippen molar-refractivity contribution in [1.29, 1.82) is 0 Å². The van der Waals surface area contributed by atoms with Crippen molar-refractivity contribution >= 4 is 5.82 Å². The van der Waals surface area contributed by atoms with Crippen LogP contribution < -0.4 is 10.1 Å². The number of nitrogens with zero attached hydrogens (tertiary/aromatic N) is 3. The first-order valence-corrected chi connectivity index (χ1v) is 8.58. The summed E-state index contributed by atoms with van der Waals surface area (Å²) in [6, 6.07) is 1.90. The number of aromatic nitrogens is 2. The lowest BCUT2D eigenvalue weighted by Gasteiger charge is -2.18. The Balaban J connectivity index is 2.58. The normalized spacial score (nSPS) is 11.2. The van der Waals surface area contributed by atoms with Crippen molar-refractivity contribution in [3.8, 4) is 5.88 Å². The van der Waals surface area contributed by atoms with Gasteiger partial charge in [0.2, 0.25) is 5.88 Å². The van der Waals surface area contributed by atoms with E-state index in [1.807, 2.05) is 6.07 Å². The molecule has 0 atom stereocenters. The van der Waals surface area contributed by atoms with E-state index in [1.54, 1.807) is 0 Å². The van der Waals surface area contributed by atoms with E-state index in [0.29, 0.717) is 18.4 Å². The Bertz CT molecular complexity index is 419. The summed E-state index contributed by atoms with van der Waals surface area (Å²) < 4.78 is 5.67. The topological polar surface area (TPSA) is 50.3 Å². The molecule has 22 heavy (non-hydrogen) atoms. The fourth-order valence-corrected chi connectivity index (χ4v) is 2.13. The molecule has 1 aromatic rings. The maximum atomic E-state index is 5.67. The van der Waals surface area contributed by atoms with Crippen LogP contribution in [0.25, 0.3) is 0 Å². The standard InChI is InChI=1S/C17H32N4O/c1-6-12-22-16-13-15(19-17(20-16)14(4)5)18-10-9-11-21(7-2)8-3/h13-14H,6-12H2,1-5H3,(H,18,19,20). The largest absolute Gasteiger partial charge is 0.478 e. The molecule has 1 N–H and O–H groups in total.